The fourth-order valence-electron chi connectivity index (χ4n) is 4.59. The number of thiophene rings is 2. The normalized spacial score (nSPS) is 14.3. The van der Waals surface area contributed by atoms with Crippen LogP contribution in [-0.4, -0.2) is 30.3 Å². The van der Waals surface area contributed by atoms with Crippen molar-refractivity contribution in [3.05, 3.63) is 92.5 Å². The highest BCUT2D eigenvalue weighted by molar-refractivity contribution is 14.1. The van der Waals surface area contributed by atoms with Crippen molar-refractivity contribution in [2.75, 3.05) is 14.6 Å². The van der Waals surface area contributed by atoms with Crippen molar-refractivity contribution in [3.63, 3.8) is 0 Å². The molecular formula is C29H24IN3O3S2. The van der Waals surface area contributed by atoms with E-state index in [4.69, 9.17) is 0 Å². The van der Waals surface area contributed by atoms with Crippen molar-refractivity contribution in [2.24, 2.45) is 0 Å². The number of carbonyl (C=O) groups is 3. The smallest absolute Gasteiger partial charge is 0.277 e. The molecule has 38 heavy (non-hydrogen) atoms. The molecule has 1 saturated carbocycles. The number of hydrogen-bond donors (Lipinski definition) is 1. The van der Waals surface area contributed by atoms with Gasteiger partial charge in [-0.05, 0) is 85.2 Å². The number of fused-ring (bicyclic) bond motifs is 3. The minimum absolute atomic E-state index is 0.00638. The Balaban J connectivity index is 1.25. The van der Waals surface area contributed by atoms with Crippen molar-refractivity contribution >= 4 is 74.6 Å². The Labute approximate surface area is 242 Å². The molecule has 1 fully saturated rings. The maximum Gasteiger partial charge on any atom is 0.277 e. The van der Waals surface area contributed by atoms with E-state index in [2.05, 4.69) is 5.32 Å². The van der Waals surface area contributed by atoms with Gasteiger partial charge in [0.25, 0.3) is 17.7 Å². The van der Waals surface area contributed by atoms with Gasteiger partial charge < -0.3 is 10.2 Å². The summed E-state index contributed by atoms with van der Waals surface area (Å²) in [5.74, 6) is -0.172. The number of anilines is 2. The Morgan fingerprint density at radius 1 is 1.05 bits per heavy atom. The van der Waals surface area contributed by atoms with E-state index in [-0.39, 0.29) is 17.7 Å². The van der Waals surface area contributed by atoms with Gasteiger partial charge >= 0.3 is 0 Å². The monoisotopic (exact) mass is 653 g/mol. The van der Waals surface area contributed by atoms with Gasteiger partial charge in [0, 0.05) is 28.6 Å². The second kappa shape index (κ2) is 10.3. The molecule has 1 N–H and O–H groups in total. The number of nitrogens with one attached hydrogen (secondary N) is 1. The molecule has 2 aromatic heterocycles. The molecule has 3 heterocycles. The zero-order chi connectivity index (χ0) is 26.4. The molecule has 1 aliphatic heterocycles. The lowest BCUT2D eigenvalue weighted by Crippen LogP contribution is -2.32. The number of rotatable bonds is 5. The van der Waals surface area contributed by atoms with Crippen LogP contribution in [0.4, 0.5) is 11.4 Å². The van der Waals surface area contributed by atoms with Gasteiger partial charge in [0.15, 0.2) is 0 Å². The Bertz CT molecular complexity index is 1560. The third-order valence-electron chi connectivity index (χ3n) is 6.81. The molecule has 6 nitrogen and oxygen atoms in total. The lowest BCUT2D eigenvalue weighted by Gasteiger charge is -2.23. The number of nitrogens with zero attached hydrogens (tertiary/aromatic N) is 2. The zero-order valence-corrected chi connectivity index (χ0v) is 24.4. The Hall–Kier alpha value is -3.02. The molecule has 9 heteroatoms. The first-order valence-corrected chi connectivity index (χ1v) is 15.1. The fourth-order valence-corrected chi connectivity index (χ4v) is 7.32. The molecule has 6 rings (SSSR count). The molecular weight excluding hydrogens is 629 g/mol. The summed E-state index contributed by atoms with van der Waals surface area (Å²) in [6, 6.07) is 19.3. The number of para-hydroxylation sites is 1. The van der Waals surface area contributed by atoms with Gasteiger partial charge in [0.1, 0.15) is 0 Å². The van der Waals surface area contributed by atoms with Gasteiger partial charge in [0.2, 0.25) is 0 Å². The Kier molecular flexibility index (Phi) is 6.83. The van der Waals surface area contributed by atoms with E-state index >= 15 is 0 Å². The number of amides is 3. The number of halogens is 1. The van der Waals surface area contributed by atoms with Crippen LogP contribution in [0.2, 0.25) is 0 Å². The van der Waals surface area contributed by atoms with Crippen molar-refractivity contribution in [1.29, 1.82) is 0 Å². The van der Waals surface area contributed by atoms with E-state index in [1.54, 1.807) is 15.2 Å². The zero-order valence-electron chi connectivity index (χ0n) is 20.6. The van der Waals surface area contributed by atoms with E-state index in [9.17, 15) is 14.4 Å². The van der Waals surface area contributed by atoms with E-state index in [1.807, 2.05) is 88.6 Å². The summed E-state index contributed by atoms with van der Waals surface area (Å²) >= 11 is 4.94. The summed E-state index contributed by atoms with van der Waals surface area (Å²) in [4.78, 5) is 43.6. The summed E-state index contributed by atoms with van der Waals surface area (Å²) in [5.41, 5.74) is 5.14. The molecule has 192 valence electrons. The van der Waals surface area contributed by atoms with E-state index in [0.29, 0.717) is 29.4 Å². The average Bonchev–Trinajstić information content (AvgIpc) is 3.53. The van der Waals surface area contributed by atoms with Crippen molar-refractivity contribution in [2.45, 2.75) is 32.2 Å². The second-order valence-corrected chi connectivity index (χ2v) is 12.4. The van der Waals surface area contributed by atoms with Crippen LogP contribution in [0.15, 0.2) is 66.0 Å². The summed E-state index contributed by atoms with van der Waals surface area (Å²) in [7, 11) is 0. The van der Waals surface area contributed by atoms with Crippen LogP contribution in [0.5, 0.6) is 0 Å². The molecule has 2 aliphatic rings. The van der Waals surface area contributed by atoms with Crippen molar-refractivity contribution < 1.29 is 14.4 Å². The van der Waals surface area contributed by atoms with E-state index < -0.39 is 0 Å². The van der Waals surface area contributed by atoms with Gasteiger partial charge in [-0.25, -0.2) is 3.11 Å². The molecule has 2 aromatic carbocycles. The maximum absolute atomic E-state index is 13.7. The first-order valence-electron chi connectivity index (χ1n) is 12.4. The minimum atomic E-state index is -0.0914. The Morgan fingerprint density at radius 2 is 1.82 bits per heavy atom. The standard InChI is InChI=1S/C29H24IN3O3S2/c1-17-13-15-37-25(17)29(36)33(30)21-10-6-18(7-11-21)28(35)32-14-12-19-16-24(27(34)31-20-8-9-20)38-26(19)22-4-2-3-5-23(22)32/h2-7,10-11,13,15-16,20H,8-9,12,14H2,1H3,(H,31,34). The molecule has 0 atom stereocenters. The van der Waals surface area contributed by atoms with Gasteiger partial charge in [-0.2, -0.15) is 0 Å². The summed E-state index contributed by atoms with van der Waals surface area (Å²) in [6.45, 7) is 2.44. The van der Waals surface area contributed by atoms with Gasteiger partial charge in [-0.3, -0.25) is 14.4 Å². The molecule has 0 spiro atoms. The molecule has 3 amide bonds. The van der Waals surface area contributed by atoms with Crippen molar-refractivity contribution in [1.82, 2.24) is 5.32 Å². The summed E-state index contributed by atoms with van der Waals surface area (Å²) < 4.78 is 1.58. The van der Waals surface area contributed by atoms with Gasteiger partial charge in [-0.1, -0.05) is 18.2 Å². The first-order chi connectivity index (χ1) is 18.4. The number of benzene rings is 2. The van der Waals surface area contributed by atoms with Gasteiger partial charge in [-0.15, -0.1) is 22.7 Å². The third-order valence-corrected chi connectivity index (χ3v) is 10.0. The highest BCUT2D eigenvalue weighted by Crippen LogP contribution is 2.42. The first kappa shape index (κ1) is 25.3. The predicted molar refractivity (Wildman–Crippen MR) is 162 cm³/mol. The predicted octanol–water partition coefficient (Wildman–Crippen LogP) is 6.88. The summed E-state index contributed by atoms with van der Waals surface area (Å²) in [5, 5.41) is 4.99. The average molecular weight is 654 g/mol. The maximum atomic E-state index is 13.7. The van der Waals surface area contributed by atoms with E-state index in [1.165, 1.54) is 22.7 Å². The fraction of sp³-hybridized carbons (Fsp3) is 0.207. The molecule has 0 radical (unpaired) electrons. The van der Waals surface area contributed by atoms with Crippen LogP contribution in [0.3, 0.4) is 0 Å². The van der Waals surface area contributed by atoms with Crippen LogP contribution < -0.4 is 13.3 Å². The van der Waals surface area contributed by atoms with Crippen LogP contribution in [0.25, 0.3) is 10.4 Å². The lowest BCUT2D eigenvalue weighted by molar-refractivity contribution is 0.0952. The van der Waals surface area contributed by atoms with Crippen molar-refractivity contribution in [3.8, 4) is 10.4 Å². The SMILES string of the molecule is Cc1ccsc1C(=O)N(I)c1ccc(C(=O)N2CCc3cc(C(=O)NC4CC4)sc3-c3ccccc32)cc1. The largest absolute Gasteiger partial charge is 0.349 e. The van der Waals surface area contributed by atoms with Crippen LogP contribution in [0, 0.1) is 6.92 Å². The highest BCUT2D eigenvalue weighted by atomic mass is 127. The highest BCUT2D eigenvalue weighted by Gasteiger charge is 2.29. The topological polar surface area (TPSA) is 69.7 Å². The Morgan fingerprint density at radius 3 is 2.53 bits per heavy atom. The lowest BCUT2D eigenvalue weighted by atomic mass is 10.1. The number of aryl methyl sites for hydroxylation is 1. The van der Waals surface area contributed by atoms with E-state index in [0.717, 1.165) is 50.7 Å². The molecule has 0 unspecified atom stereocenters. The minimum Gasteiger partial charge on any atom is -0.349 e. The van der Waals surface area contributed by atoms with Crippen LogP contribution in [0.1, 0.15) is 53.7 Å². The number of hydrogen-bond acceptors (Lipinski definition) is 5. The van der Waals surface area contributed by atoms with Crippen LogP contribution in [-0.2, 0) is 6.42 Å². The van der Waals surface area contributed by atoms with Gasteiger partial charge in [0.05, 0.1) is 44.0 Å². The second-order valence-electron chi connectivity index (χ2n) is 9.50. The quantitative estimate of drug-likeness (QED) is 0.189. The third kappa shape index (κ3) is 4.78. The molecule has 0 saturated heterocycles. The summed E-state index contributed by atoms with van der Waals surface area (Å²) in [6.07, 6.45) is 2.77. The molecule has 0 bridgehead atoms. The molecule has 1 aliphatic carbocycles. The number of carbonyl (C=O) groups excluding carboxylic acids is 3. The molecule has 4 aromatic rings. The van der Waals surface area contributed by atoms with Crippen LogP contribution >= 0.6 is 45.5 Å².